The third-order valence-corrected chi connectivity index (χ3v) is 3.28. The Kier molecular flexibility index (Phi) is 3.59. The summed E-state index contributed by atoms with van der Waals surface area (Å²) in [5.41, 5.74) is 2.03. The number of carbonyl (C=O) groups excluding carboxylic acids is 1. The standard InChI is InChI=1S/C15H15N5O/c1-19(15(21)9-20-11-16-10-18-20)8-12-4-5-14-13(7-12)3-2-6-17-14/h2-7,10-11H,8-9H2,1H3. The second kappa shape index (κ2) is 5.70. The number of benzene rings is 1. The van der Waals surface area contributed by atoms with Crippen molar-refractivity contribution >= 4 is 16.8 Å². The molecule has 0 aliphatic rings. The van der Waals surface area contributed by atoms with E-state index in [0.717, 1.165) is 16.5 Å². The number of carbonyl (C=O) groups is 1. The number of nitrogens with zero attached hydrogens (tertiary/aromatic N) is 5. The molecule has 0 atom stereocenters. The molecule has 21 heavy (non-hydrogen) atoms. The molecule has 3 rings (SSSR count). The smallest absolute Gasteiger partial charge is 0.244 e. The van der Waals surface area contributed by atoms with Crippen LogP contribution in [0.5, 0.6) is 0 Å². The van der Waals surface area contributed by atoms with Crippen molar-refractivity contribution in [3.05, 3.63) is 54.7 Å². The van der Waals surface area contributed by atoms with E-state index in [4.69, 9.17) is 0 Å². The van der Waals surface area contributed by atoms with E-state index < -0.39 is 0 Å². The van der Waals surface area contributed by atoms with Gasteiger partial charge >= 0.3 is 0 Å². The number of fused-ring (bicyclic) bond motifs is 1. The zero-order valence-corrected chi connectivity index (χ0v) is 11.7. The molecule has 6 nitrogen and oxygen atoms in total. The second-order valence-electron chi connectivity index (χ2n) is 4.87. The second-order valence-corrected chi connectivity index (χ2v) is 4.87. The lowest BCUT2D eigenvalue weighted by Gasteiger charge is -2.17. The van der Waals surface area contributed by atoms with Gasteiger partial charge in [-0.15, -0.1) is 0 Å². The van der Waals surface area contributed by atoms with E-state index in [1.165, 1.54) is 17.3 Å². The minimum absolute atomic E-state index is 0.00761. The van der Waals surface area contributed by atoms with Crippen molar-refractivity contribution in [1.82, 2.24) is 24.6 Å². The van der Waals surface area contributed by atoms with Crippen molar-refractivity contribution in [3.63, 3.8) is 0 Å². The lowest BCUT2D eigenvalue weighted by atomic mass is 10.1. The third-order valence-electron chi connectivity index (χ3n) is 3.28. The number of pyridine rings is 1. The summed E-state index contributed by atoms with van der Waals surface area (Å²) in [7, 11) is 1.78. The molecule has 0 bridgehead atoms. The molecule has 1 aromatic carbocycles. The van der Waals surface area contributed by atoms with E-state index in [0.29, 0.717) is 6.54 Å². The molecular weight excluding hydrogens is 266 g/mol. The molecule has 6 heteroatoms. The van der Waals surface area contributed by atoms with Gasteiger partial charge in [0.1, 0.15) is 19.2 Å². The van der Waals surface area contributed by atoms with Crippen molar-refractivity contribution < 1.29 is 4.79 Å². The SMILES string of the molecule is CN(Cc1ccc2ncccc2c1)C(=O)Cn1cncn1. The molecule has 1 amide bonds. The van der Waals surface area contributed by atoms with Crippen LogP contribution in [0, 0.1) is 0 Å². The van der Waals surface area contributed by atoms with E-state index in [9.17, 15) is 4.79 Å². The summed E-state index contributed by atoms with van der Waals surface area (Å²) in [6.07, 6.45) is 4.73. The van der Waals surface area contributed by atoms with Crippen LogP contribution >= 0.6 is 0 Å². The summed E-state index contributed by atoms with van der Waals surface area (Å²) >= 11 is 0. The van der Waals surface area contributed by atoms with E-state index >= 15 is 0 Å². The van der Waals surface area contributed by atoms with Gasteiger partial charge in [0.15, 0.2) is 0 Å². The van der Waals surface area contributed by atoms with Crippen LogP contribution in [0.15, 0.2) is 49.2 Å². The minimum atomic E-state index is -0.00761. The average Bonchev–Trinajstić information content (AvgIpc) is 3.00. The van der Waals surface area contributed by atoms with Gasteiger partial charge in [-0.3, -0.25) is 9.78 Å². The highest BCUT2D eigenvalue weighted by Gasteiger charge is 2.10. The monoisotopic (exact) mass is 281 g/mol. The summed E-state index contributed by atoms with van der Waals surface area (Å²) < 4.78 is 1.52. The van der Waals surface area contributed by atoms with Gasteiger partial charge in [-0.25, -0.2) is 9.67 Å². The third kappa shape index (κ3) is 3.05. The van der Waals surface area contributed by atoms with Gasteiger partial charge < -0.3 is 4.90 Å². The fourth-order valence-electron chi connectivity index (χ4n) is 2.16. The Balaban J connectivity index is 1.70. The molecule has 2 heterocycles. The maximum absolute atomic E-state index is 12.1. The van der Waals surface area contributed by atoms with Crippen LogP contribution in [0.25, 0.3) is 10.9 Å². The predicted octanol–water partition coefficient (Wildman–Crippen LogP) is 1.48. The van der Waals surface area contributed by atoms with Gasteiger partial charge in [-0.2, -0.15) is 5.10 Å². The molecule has 0 aliphatic carbocycles. The normalized spacial score (nSPS) is 10.7. The largest absolute Gasteiger partial charge is 0.340 e. The molecule has 0 N–H and O–H groups in total. The van der Waals surface area contributed by atoms with Crippen LogP contribution in [-0.4, -0.2) is 37.6 Å². The number of amides is 1. The number of likely N-dealkylation sites (N-methyl/N-ethyl adjacent to an activating group) is 1. The zero-order chi connectivity index (χ0) is 14.7. The van der Waals surface area contributed by atoms with Gasteiger partial charge in [0.05, 0.1) is 5.52 Å². The average molecular weight is 281 g/mol. The van der Waals surface area contributed by atoms with Gasteiger partial charge in [0.25, 0.3) is 0 Å². The number of hydrogen-bond donors (Lipinski definition) is 0. The Hall–Kier alpha value is -2.76. The Labute approximate surface area is 122 Å². The summed E-state index contributed by atoms with van der Waals surface area (Å²) in [6, 6.07) is 9.95. The number of hydrogen-bond acceptors (Lipinski definition) is 4. The Morgan fingerprint density at radius 2 is 2.24 bits per heavy atom. The predicted molar refractivity (Wildman–Crippen MR) is 78.2 cm³/mol. The first-order valence-electron chi connectivity index (χ1n) is 6.62. The fourth-order valence-corrected chi connectivity index (χ4v) is 2.16. The number of rotatable bonds is 4. The Morgan fingerprint density at radius 3 is 3.05 bits per heavy atom. The lowest BCUT2D eigenvalue weighted by molar-refractivity contribution is -0.131. The summed E-state index contributed by atoms with van der Waals surface area (Å²) in [6.45, 7) is 0.754. The molecule has 0 aliphatic heterocycles. The lowest BCUT2D eigenvalue weighted by Crippen LogP contribution is -2.29. The Morgan fingerprint density at radius 1 is 1.33 bits per heavy atom. The first-order valence-corrected chi connectivity index (χ1v) is 6.62. The highest BCUT2D eigenvalue weighted by atomic mass is 16.2. The van der Waals surface area contributed by atoms with Crippen LogP contribution in [0.1, 0.15) is 5.56 Å². The Bertz CT molecular complexity index is 754. The van der Waals surface area contributed by atoms with Crippen molar-refractivity contribution in [1.29, 1.82) is 0 Å². The van der Waals surface area contributed by atoms with E-state index in [2.05, 4.69) is 21.1 Å². The van der Waals surface area contributed by atoms with Gasteiger partial charge in [-0.05, 0) is 23.8 Å². The molecule has 0 spiro atoms. The van der Waals surface area contributed by atoms with E-state index in [1.807, 2.05) is 24.3 Å². The van der Waals surface area contributed by atoms with Gasteiger partial charge in [0, 0.05) is 25.2 Å². The summed E-state index contributed by atoms with van der Waals surface area (Å²) in [4.78, 5) is 21.9. The maximum atomic E-state index is 12.1. The van der Waals surface area contributed by atoms with Crippen molar-refractivity contribution in [2.24, 2.45) is 0 Å². The number of aromatic nitrogens is 4. The molecule has 0 unspecified atom stereocenters. The van der Waals surface area contributed by atoms with Crippen LogP contribution in [-0.2, 0) is 17.9 Å². The molecule has 0 fully saturated rings. The minimum Gasteiger partial charge on any atom is -0.340 e. The zero-order valence-electron chi connectivity index (χ0n) is 11.7. The first-order chi connectivity index (χ1) is 10.2. The maximum Gasteiger partial charge on any atom is 0.244 e. The van der Waals surface area contributed by atoms with Crippen LogP contribution in [0.4, 0.5) is 0 Å². The molecule has 0 saturated heterocycles. The molecule has 0 radical (unpaired) electrons. The van der Waals surface area contributed by atoms with Gasteiger partial charge in [0.2, 0.25) is 5.91 Å². The molecule has 2 aromatic heterocycles. The highest BCUT2D eigenvalue weighted by Crippen LogP contribution is 2.14. The first kappa shape index (κ1) is 13.2. The molecule has 3 aromatic rings. The summed E-state index contributed by atoms with van der Waals surface area (Å²) in [5.74, 6) is -0.00761. The quantitative estimate of drug-likeness (QED) is 0.726. The van der Waals surface area contributed by atoms with Crippen molar-refractivity contribution in [2.75, 3.05) is 7.05 Å². The van der Waals surface area contributed by atoms with Crippen molar-refractivity contribution in [3.8, 4) is 0 Å². The molecule has 106 valence electrons. The topological polar surface area (TPSA) is 63.9 Å². The van der Waals surface area contributed by atoms with Crippen LogP contribution in [0.2, 0.25) is 0 Å². The van der Waals surface area contributed by atoms with Crippen molar-refractivity contribution in [2.45, 2.75) is 13.1 Å². The highest BCUT2D eigenvalue weighted by molar-refractivity contribution is 5.79. The fraction of sp³-hybridized carbons (Fsp3) is 0.200. The van der Waals surface area contributed by atoms with E-state index in [-0.39, 0.29) is 12.5 Å². The van der Waals surface area contributed by atoms with Gasteiger partial charge in [-0.1, -0.05) is 12.1 Å². The van der Waals surface area contributed by atoms with Crippen LogP contribution in [0.3, 0.4) is 0 Å². The molecule has 0 saturated carbocycles. The molecular formula is C15H15N5O. The van der Waals surface area contributed by atoms with Crippen LogP contribution < -0.4 is 0 Å². The summed E-state index contributed by atoms with van der Waals surface area (Å²) in [5, 5.41) is 5.01. The van der Waals surface area contributed by atoms with E-state index in [1.54, 1.807) is 18.1 Å².